The molecule has 0 aliphatic carbocycles. The lowest BCUT2D eigenvalue weighted by Gasteiger charge is -2.22. The van der Waals surface area contributed by atoms with Gasteiger partial charge in [0.05, 0.1) is 6.42 Å². The minimum Gasteiger partial charge on any atom is -0.396 e. The van der Waals surface area contributed by atoms with Gasteiger partial charge in [0.15, 0.2) is 0 Å². The fourth-order valence-electron chi connectivity index (χ4n) is 1.56. The maximum absolute atomic E-state index is 11.8. The lowest BCUT2D eigenvalue weighted by molar-refractivity contribution is -0.121. The molecule has 1 rings (SSSR count). The van der Waals surface area contributed by atoms with Gasteiger partial charge < -0.3 is 16.2 Å². The summed E-state index contributed by atoms with van der Waals surface area (Å²) >= 11 is 0. The highest BCUT2D eigenvalue weighted by atomic mass is 16.3. The summed E-state index contributed by atoms with van der Waals surface area (Å²) in [5.41, 5.74) is 7.29. The summed E-state index contributed by atoms with van der Waals surface area (Å²) in [6, 6.07) is 7.66. The van der Waals surface area contributed by atoms with E-state index in [1.54, 1.807) is 0 Å². The number of nitrogens with one attached hydrogen (secondary N) is 1. The van der Waals surface area contributed by atoms with E-state index in [2.05, 4.69) is 5.32 Å². The van der Waals surface area contributed by atoms with Gasteiger partial charge in [0.1, 0.15) is 0 Å². The van der Waals surface area contributed by atoms with Crippen molar-refractivity contribution in [2.24, 2.45) is 11.1 Å². The van der Waals surface area contributed by atoms with E-state index >= 15 is 0 Å². The highest BCUT2D eigenvalue weighted by Gasteiger charge is 2.17. The molecule has 0 heterocycles. The van der Waals surface area contributed by atoms with Crippen LogP contribution < -0.4 is 11.1 Å². The quantitative estimate of drug-likeness (QED) is 0.700. The van der Waals surface area contributed by atoms with Crippen LogP contribution in [0.15, 0.2) is 24.3 Å². The first-order valence-corrected chi connectivity index (χ1v) is 6.13. The summed E-state index contributed by atoms with van der Waals surface area (Å²) in [6.07, 6.45) is 0.328. The Labute approximate surface area is 108 Å². The highest BCUT2D eigenvalue weighted by molar-refractivity contribution is 5.78. The molecule has 0 atom stereocenters. The molecule has 0 aliphatic rings. The van der Waals surface area contributed by atoms with E-state index < -0.39 is 0 Å². The zero-order valence-electron chi connectivity index (χ0n) is 11.1. The van der Waals surface area contributed by atoms with Gasteiger partial charge in [-0.3, -0.25) is 4.79 Å². The van der Waals surface area contributed by atoms with Gasteiger partial charge in [-0.25, -0.2) is 0 Å². The first kappa shape index (κ1) is 14.7. The molecule has 0 saturated heterocycles. The molecule has 0 aromatic heterocycles. The molecular formula is C14H22N2O2. The maximum atomic E-state index is 11.8. The van der Waals surface area contributed by atoms with E-state index in [9.17, 15) is 4.79 Å². The Morgan fingerprint density at radius 1 is 1.33 bits per heavy atom. The van der Waals surface area contributed by atoms with Crippen molar-refractivity contribution in [1.82, 2.24) is 5.32 Å². The number of amides is 1. The Bertz CT molecular complexity index is 403. The topological polar surface area (TPSA) is 75.3 Å². The van der Waals surface area contributed by atoms with Crippen LogP contribution in [-0.4, -0.2) is 24.2 Å². The fourth-order valence-corrected chi connectivity index (χ4v) is 1.56. The van der Waals surface area contributed by atoms with E-state index in [4.69, 9.17) is 10.8 Å². The number of carbonyl (C=O) groups excluding carboxylic acids is 1. The van der Waals surface area contributed by atoms with E-state index in [0.717, 1.165) is 11.1 Å². The Morgan fingerprint density at radius 2 is 1.94 bits per heavy atom. The summed E-state index contributed by atoms with van der Waals surface area (Å²) in [5, 5.41) is 11.9. The molecule has 0 aliphatic heterocycles. The first-order chi connectivity index (χ1) is 8.48. The Morgan fingerprint density at radius 3 is 2.50 bits per heavy atom. The molecule has 0 bridgehead atoms. The average Bonchev–Trinajstić information content (AvgIpc) is 2.37. The molecule has 0 unspecified atom stereocenters. The number of nitrogens with two attached hydrogens (primary N) is 1. The van der Waals surface area contributed by atoms with E-state index in [0.29, 0.717) is 19.5 Å². The van der Waals surface area contributed by atoms with Gasteiger partial charge in [-0.15, -0.1) is 0 Å². The number of hydrogen-bond acceptors (Lipinski definition) is 3. The second-order valence-corrected chi connectivity index (χ2v) is 5.25. The molecule has 0 radical (unpaired) electrons. The highest BCUT2D eigenvalue weighted by Crippen LogP contribution is 2.12. The van der Waals surface area contributed by atoms with Crippen LogP contribution >= 0.6 is 0 Å². The van der Waals surface area contributed by atoms with Crippen molar-refractivity contribution >= 4 is 5.91 Å². The first-order valence-electron chi connectivity index (χ1n) is 6.13. The molecule has 18 heavy (non-hydrogen) atoms. The van der Waals surface area contributed by atoms with Crippen LogP contribution in [0, 0.1) is 5.41 Å². The standard InChI is InChI=1S/C14H22N2O2/c1-14(2,10-17)9-16-13(18)7-11-5-3-4-6-12(11)8-15/h3-6,17H,7-10,15H2,1-2H3,(H,16,18). The predicted molar refractivity (Wildman–Crippen MR) is 71.9 cm³/mol. The summed E-state index contributed by atoms with van der Waals surface area (Å²) in [6.45, 7) is 4.76. The molecule has 4 nitrogen and oxygen atoms in total. The maximum Gasteiger partial charge on any atom is 0.224 e. The van der Waals surface area contributed by atoms with Gasteiger partial charge in [0, 0.05) is 25.1 Å². The Balaban J connectivity index is 2.55. The van der Waals surface area contributed by atoms with Gasteiger partial charge in [-0.2, -0.15) is 0 Å². The van der Waals surface area contributed by atoms with Gasteiger partial charge in [0.2, 0.25) is 5.91 Å². The second kappa shape index (κ2) is 6.52. The summed E-state index contributed by atoms with van der Waals surface area (Å²) < 4.78 is 0. The smallest absolute Gasteiger partial charge is 0.224 e. The Hall–Kier alpha value is -1.39. The minimum atomic E-state index is -0.289. The number of carbonyl (C=O) groups is 1. The largest absolute Gasteiger partial charge is 0.396 e. The molecule has 4 N–H and O–H groups in total. The van der Waals surface area contributed by atoms with E-state index in [-0.39, 0.29) is 17.9 Å². The molecule has 0 saturated carbocycles. The third kappa shape index (κ3) is 4.47. The van der Waals surface area contributed by atoms with Crippen LogP contribution in [0.5, 0.6) is 0 Å². The van der Waals surface area contributed by atoms with E-state index in [1.807, 2.05) is 38.1 Å². The van der Waals surface area contributed by atoms with Gasteiger partial charge >= 0.3 is 0 Å². The van der Waals surface area contributed by atoms with Crippen LogP contribution in [-0.2, 0) is 17.8 Å². The number of benzene rings is 1. The van der Waals surface area contributed by atoms with Gasteiger partial charge in [-0.05, 0) is 11.1 Å². The average molecular weight is 250 g/mol. The molecular weight excluding hydrogens is 228 g/mol. The molecule has 0 fully saturated rings. The summed E-state index contributed by atoms with van der Waals surface area (Å²) in [7, 11) is 0. The normalized spacial score (nSPS) is 11.3. The zero-order chi connectivity index (χ0) is 13.6. The van der Waals surface area contributed by atoms with Crippen molar-refractivity contribution in [3.05, 3.63) is 35.4 Å². The molecule has 4 heteroatoms. The van der Waals surface area contributed by atoms with Crippen LogP contribution in [0.25, 0.3) is 0 Å². The molecule has 1 aromatic rings. The monoisotopic (exact) mass is 250 g/mol. The molecule has 0 spiro atoms. The van der Waals surface area contributed by atoms with Crippen LogP contribution in [0.2, 0.25) is 0 Å². The summed E-state index contributed by atoms with van der Waals surface area (Å²) in [5.74, 6) is -0.0441. The zero-order valence-corrected chi connectivity index (χ0v) is 11.1. The molecule has 1 aromatic carbocycles. The van der Waals surface area contributed by atoms with Crippen molar-refractivity contribution in [3.63, 3.8) is 0 Å². The van der Waals surface area contributed by atoms with Gasteiger partial charge in [-0.1, -0.05) is 38.1 Å². The van der Waals surface area contributed by atoms with Crippen molar-refractivity contribution in [3.8, 4) is 0 Å². The number of rotatable bonds is 6. The SMILES string of the molecule is CC(C)(CO)CNC(=O)Cc1ccccc1CN. The lowest BCUT2D eigenvalue weighted by Crippen LogP contribution is -2.36. The molecule has 1 amide bonds. The number of aliphatic hydroxyl groups is 1. The van der Waals surface area contributed by atoms with Crippen LogP contribution in [0.3, 0.4) is 0 Å². The van der Waals surface area contributed by atoms with Crippen molar-refractivity contribution < 1.29 is 9.90 Å². The lowest BCUT2D eigenvalue weighted by atomic mass is 9.95. The third-order valence-corrected chi connectivity index (χ3v) is 2.88. The van der Waals surface area contributed by atoms with Crippen molar-refractivity contribution in [1.29, 1.82) is 0 Å². The number of hydrogen-bond donors (Lipinski definition) is 3. The minimum absolute atomic E-state index is 0.0441. The summed E-state index contributed by atoms with van der Waals surface area (Å²) in [4.78, 5) is 11.8. The number of aliphatic hydroxyl groups excluding tert-OH is 1. The van der Waals surface area contributed by atoms with Gasteiger partial charge in [0.25, 0.3) is 0 Å². The molecule has 100 valence electrons. The van der Waals surface area contributed by atoms with Crippen LogP contribution in [0.4, 0.5) is 0 Å². The third-order valence-electron chi connectivity index (χ3n) is 2.88. The van der Waals surface area contributed by atoms with Crippen LogP contribution in [0.1, 0.15) is 25.0 Å². The van der Waals surface area contributed by atoms with Crippen molar-refractivity contribution in [2.45, 2.75) is 26.8 Å². The fraction of sp³-hybridized carbons (Fsp3) is 0.500. The predicted octanol–water partition coefficient (Wildman–Crippen LogP) is 0.822. The van der Waals surface area contributed by atoms with E-state index in [1.165, 1.54) is 0 Å². The second-order valence-electron chi connectivity index (χ2n) is 5.25. The Kier molecular flexibility index (Phi) is 5.31. The van der Waals surface area contributed by atoms with Crippen molar-refractivity contribution in [2.75, 3.05) is 13.2 Å².